The van der Waals surface area contributed by atoms with Gasteiger partial charge >= 0.3 is 5.97 Å². The topological polar surface area (TPSA) is 217 Å². The lowest BCUT2D eigenvalue weighted by atomic mass is 10.1. The lowest BCUT2D eigenvalue weighted by Gasteiger charge is -2.26. The summed E-state index contributed by atoms with van der Waals surface area (Å²) in [5.41, 5.74) is 12.0. The van der Waals surface area contributed by atoms with Crippen LogP contribution in [-0.2, 0) is 21.4 Å². The van der Waals surface area contributed by atoms with Gasteiger partial charge in [0.2, 0.25) is 0 Å². The number of thiazole rings is 1. The number of guanidine groups is 1. The Hall–Kier alpha value is -3.93. The van der Waals surface area contributed by atoms with E-state index in [1.54, 1.807) is 28.8 Å². The molecular weight excluding hydrogens is 603 g/mol. The zero-order valence-electron chi connectivity index (χ0n) is 22.6. The van der Waals surface area contributed by atoms with Gasteiger partial charge in [0.05, 0.1) is 22.8 Å². The number of thiophene rings is 1. The van der Waals surface area contributed by atoms with Crippen LogP contribution in [0.25, 0.3) is 0 Å². The third-order valence-electron chi connectivity index (χ3n) is 6.21. The van der Waals surface area contributed by atoms with Crippen molar-refractivity contribution in [2.45, 2.75) is 30.3 Å². The monoisotopic (exact) mass is 635 g/mol. The maximum absolute atomic E-state index is 13.2. The largest absolute Gasteiger partial charge is 0.480 e. The van der Waals surface area contributed by atoms with Gasteiger partial charge in [-0.3, -0.25) is 14.5 Å². The quantitative estimate of drug-likeness (QED) is 0.0760. The van der Waals surface area contributed by atoms with E-state index >= 15 is 0 Å². The number of nitrogens with one attached hydrogen (secondary N) is 4. The summed E-state index contributed by atoms with van der Waals surface area (Å²) in [5, 5.41) is 23.0. The Morgan fingerprint density at radius 3 is 2.71 bits per heavy atom. The summed E-state index contributed by atoms with van der Waals surface area (Å²) >= 11 is 2.57. The molecule has 0 bridgehead atoms. The molecule has 14 nitrogen and oxygen atoms in total. The molecule has 0 unspecified atom stereocenters. The number of benzene rings is 1. The number of amides is 1. The first-order chi connectivity index (χ1) is 20.1. The average molecular weight is 636 g/mol. The van der Waals surface area contributed by atoms with Gasteiger partial charge in [-0.1, -0.05) is 6.07 Å². The van der Waals surface area contributed by atoms with Crippen molar-refractivity contribution >= 4 is 67.0 Å². The molecule has 0 radical (unpaired) electrons. The summed E-state index contributed by atoms with van der Waals surface area (Å²) in [6.45, 7) is 4.28. The number of nitrogens with two attached hydrogens (primary N) is 2. The maximum Gasteiger partial charge on any atom is 0.326 e. The second kappa shape index (κ2) is 14.3. The van der Waals surface area contributed by atoms with E-state index in [0.717, 1.165) is 48.3 Å². The first kappa shape index (κ1) is 31.0. The van der Waals surface area contributed by atoms with Gasteiger partial charge in [0.15, 0.2) is 11.1 Å². The fourth-order valence-corrected chi connectivity index (χ4v) is 6.91. The second-order valence-corrected chi connectivity index (χ2v) is 12.8. The molecule has 3 aromatic rings. The van der Waals surface area contributed by atoms with Crippen molar-refractivity contribution in [3.8, 4) is 0 Å². The Bertz CT molecular complexity index is 1510. The normalized spacial score (nSPS) is 14.1. The van der Waals surface area contributed by atoms with Crippen molar-refractivity contribution in [3.63, 3.8) is 0 Å². The van der Waals surface area contributed by atoms with Crippen LogP contribution in [0.3, 0.4) is 0 Å². The van der Waals surface area contributed by atoms with Crippen molar-refractivity contribution in [2.24, 2.45) is 16.5 Å². The Kier molecular flexibility index (Phi) is 10.6. The average Bonchev–Trinajstić information content (AvgIpc) is 3.63. The molecule has 1 aromatic carbocycles. The number of sulfonamides is 1. The molecule has 0 saturated carbocycles. The highest BCUT2D eigenvalue weighted by molar-refractivity contribution is 7.92. The van der Waals surface area contributed by atoms with Crippen LogP contribution in [-0.4, -0.2) is 75.1 Å². The fourth-order valence-electron chi connectivity index (χ4n) is 4.10. The van der Waals surface area contributed by atoms with Crippen molar-refractivity contribution in [3.05, 3.63) is 51.7 Å². The number of hydrogen-bond acceptors (Lipinski definition) is 11. The summed E-state index contributed by atoms with van der Waals surface area (Å²) in [6, 6.07) is 6.56. The lowest BCUT2D eigenvalue weighted by Crippen LogP contribution is -2.43. The van der Waals surface area contributed by atoms with E-state index in [1.807, 2.05) is 5.38 Å². The van der Waals surface area contributed by atoms with Crippen LogP contribution in [0.1, 0.15) is 28.2 Å². The third-order valence-corrected chi connectivity index (χ3v) is 9.44. The van der Waals surface area contributed by atoms with Crippen LogP contribution in [0.2, 0.25) is 0 Å². The number of anilines is 3. The molecule has 1 atom stereocenters. The number of aliphatic carboxylic acids is 1. The summed E-state index contributed by atoms with van der Waals surface area (Å²) in [7, 11) is -4.07. The molecule has 0 spiro atoms. The SMILES string of the molecule is NC(N)=NCCC[C@H](NC(=O)c1sccc1NS(=O)(=O)c1cccc(NCc2csc(N3CCNCC3)n2)c1)C(=O)O. The van der Waals surface area contributed by atoms with Gasteiger partial charge in [0.25, 0.3) is 15.9 Å². The van der Waals surface area contributed by atoms with Crippen molar-refractivity contribution in [1.82, 2.24) is 15.6 Å². The van der Waals surface area contributed by atoms with Crippen LogP contribution >= 0.6 is 22.7 Å². The number of piperazine rings is 1. The van der Waals surface area contributed by atoms with E-state index in [9.17, 15) is 23.1 Å². The summed E-state index contributed by atoms with van der Waals surface area (Å²) in [6.07, 6.45) is 0.408. The zero-order chi connectivity index (χ0) is 30.1. The molecule has 1 fully saturated rings. The van der Waals surface area contributed by atoms with Crippen molar-refractivity contribution in [2.75, 3.05) is 47.7 Å². The molecule has 4 rings (SSSR count). The van der Waals surface area contributed by atoms with Crippen LogP contribution in [0.4, 0.5) is 16.5 Å². The van der Waals surface area contributed by atoms with Crippen LogP contribution in [0.5, 0.6) is 0 Å². The first-order valence-corrected chi connectivity index (χ1v) is 16.3. The zero-order valence-corrected chi connectivity index (χ0v) is 25.0. The molecule has 1 saturated heterocycles. The van der Waals surface area contributed by atoms with Crippen LogP contribution in [0, 0.1) is 0 Å². The number of hydrogen-bond donors (Lipinski definition) is 7. The Labute approximate surface area is 251 Å². The van der Waals surface area contributed by atoms with Crippen molar-refractivity contribution < 1.29 is 23.1 Å². The fraction of sp³-hybridized carbons (Fsp3) is 0.360. The molecule has 1 aliphatic rings. The Morgan fingerprint density at radius 1 is 1.19 bits per heavy atom. The second-order valence-electron chi connectivity index (χ2n) is 9.32. The third kappa shape index (κ3) is 8.54. The maximum atomic E-state index is 13.2. The smallest absolute Gasteiger partial charge is 0.326 e. The standard InChI is InChI=1S/C25H33N9O5S3/c26-24(27)29-7-2-5-20(23(36)37)32-22(35)21-19(6-12-40-21)33-42(38,39)18-4-1-3-16(13-18)30-14-17-15-41-25(31-17)34-10-8-28-9-11-34/h1,3-4,6,12-13,15,20,28,30,33H,2,5,7-11,14H2,(H,32,35)(H,36,37)(H4,26,27,29)/t20-/m0/s1. The highest BCUT2D eigenvalue weighted by Gasteiger charge is 2.25. The first-order valence-electron chi connectivity index (χ1n) is 13.1. The van der Waals surface area contributed by atoms with Crippen molar-refractivity contribution in [1.29, 1.82) is 0 Å². The number of carbonyl (C=O) groups excluding carboxylic acids is 1. The Morgan fingerprint density at radius 2 is 1.98 bits per heavy atom. The summed E-state index contributed by atoms with van der Waals surface area (Å²) < 4.78 is 28.9. The molecular formula is C25H33N9O5S3. The van der Waals surface area contributed by atoms with E-state index in [1.165, 1.54) is 18.2 Å². The molecule has 1 amide bonds. The number of carboxylic acids is 1. The highest BCUT2D eigenvalue weighted by Crippen LogP contribution is 2.27. The summed E-state index contributed by atoms with van der Waals surface area (Å²) in [5.74, 6) is -2.05. The Balaban J connectivity index is 1.37. The van der Waals surface area contributed by atoms with Gasteiger partial charge < -0.3 is 37.4 Å². The minimum atomic E-state index is -4.07. The van der Waals surface area contributed by atoms with E-state index < -0.39 is 27.9 Å². The number of carbonyl (C=O) groups is 2. The number of carboxylic acid groups (broad SMARTS) is 1. The van der Waals surface area contributed by atoms with Gasteiger partial charge in [-0.05, 0) is 42.5 Å². The van der Waals surface area contributed by atoms with E-state index in [-0.39, 0.29) is 34.4 Å². The number of nitrogens with zero attached hydrogens (tertiary/aromatic N) is 3. The van der Waals surface area contributed by atoms with E-state index in [0.29, 0.717) is 18.7 Å². The molecule has 0 aliphatic carbocycles. The predicted molar refractivity (Wildman–Crippen MR) is 165 cm³/mol. The molecule has 3 heterocycles. The minimum Gasteiger partial charge on any atom is -0.480 e. The molecule has 17 heteroatoms. The van der Waals surface area contributed by atoms with Gasteiger partial charge in [-0.2, -0.15) is 0 Å². The number of rotatable bonds is 14. The summed E-state index contributed by atoms with van der Waals surface area (Å²) in [4.78, 5) is 35.3. The van der Waals surface area contributed by atoms with Gasteiger partial charge in [-0.15, -0.1) is 22.7 Å². The van der Waals surface area contributed by atoms with Crippen LogP contribution in [0.15, 0.2) is 51.0 Å². The molecule has 9 N–H and O–H groups in total. The van der Waals surface area contributed by atoms with E-state index in [2.05, 4.69) is 35.5 Å². The lowest BCUT2D eigenvalue weighted by molar-refractivity contribution is -0.139. The minimum absolute atomic E-state index is 0.00649. The molecule has 42 heavy (non-hydrogen) atoms. The molecule has 1 aliphatic heterocycles. The highest BCUT2D eigenvalue weighted by atomic mass is 32.2. The molecule has 226 valence electrons. The number of aliphatic imine (C=N–C) groups is 1. The number of aromatic nitrogens is 1. The van der Waals surface area contributed by atoms with Crippen LogP contribution < -0.4 is 37.0 Å². The van der Waals surface area contributed by atoms with E-state index in [4.69, 9.17) is 11.5 Å². The van der Waals surface area contributed by atoms with Gasteiger partial charge in [0.1, 0.15) is 10.9 Å². The van der Waals surface area contributed by atoms with Gasteiger partial charge in [-0.25, -0.2) is 18.2 Å². The van der Waals surface area contributed by atoms with Gasteiger partial charge in [0, 0.05) is 43.8 Å². The molecule has 2 aromatic heterocycles. The predicted octanol–water partition coefficient (Wildman–Crippen LogP) is 1.26.